The Hall–Kier alpha value is -1.78. The van der Waals surface area contributed by atoms with E-state index in [9.17, 15) is 0 Å². The number of allylic oxidation sites excluding steroid dienone is 2. The molecule has 0 saturated carbocycles. The largest absolute Gasteiger partial charge is 0.296 e. The second-order valence-electron chi connectivity index (χ2n) is 8.67. The van der Waals surface area contributed by atoms with E-state index in [-0.39, 0.29) is 0 Å². The summed E-state index contributed by atoms with van der Waals surface area (Å²) in [6, 6.07) is 7.97. The van der Waals surface area contributed by atoms with Crippen molar-refractivity contribution < 1.29 is 0 Å². The van der Waals surface area contributed by atoms with Gasteiger partial charge < -0.3 is 0 Å². The molecule has 5 heteroatoms. The molecule has 1 heterocycles. The quantitative estimate of drug-likeness (QED) is 0.471. The lowest BCUT2D eigenvalue weighted by Crippen LogP contribution is -2.30. The van der Waals surface area contributed by atoms with E-state index < -0.39 is 0 Å². The molecule has 1 aliphatic carbocycles. The fourth-order valence-electron chi connectivity index (χ4n) is 3.63. The second kappa shape index (κ2) is 9.36. The summed E-state index contributed by atoms with van der Waals surface area (Å²) >= 11 is 7.74. The van der Waals surface area contributed by atoms with Crippen molar-refractivity contribution in [3.8, 4) is 11.3 Å². The molecule has 0 saturated heterocycles. The zero-order chi connectivity index (χ0) is 21.0. The summed E-state index contributed by atoms with van der Waals surface area (Å²) < 4.78 is 2.12. The summed E-state index contributed by atoms with van der Waals surface area (Å²) in [4.78, 5) is 5.72. The summed E-state index contributed by atoms with van der Waals surface area (Å²) in [6.45, 7) is 13.7. The van der Waals surface area contributed by atoms with Crippen LogP contribution in [0.15, 0.2) is 58.6 Å². The predicted molar refractivity (Wildman–Crippen MR) is 127 cm³/mol. The van der Waals surface area contributed by atoms with Gasteiger partial charge in [-0.05, 0) is 49.7 Å². The zero-order valence-corrected chi connectivity index (χ0v) is 19.5. The van der Waals surface area contributed by atoms with Crippen molar-refractivity contribution in [2.24, 2.45) is 16.3 Å². The number of rotatable bonds is 7. The fourth-order valence-corrected chi connectivity index (χ4v) is 4.60. The van der Waals surface area contributed by atoms with Gasteiger partial charge in [0.1, 0.15) is 0 Å². The van der Waals surface area contributed by atoms with Gasteiger partial charge in [0.05, 0.1) is 12.2 Å². The lowest BCUT2D eigenvalue weighted by atomic mass is 9.71. The molecule has 1 N–H and O–H groups in total. The van der Waals surface area contributed by atoms with Crippen LogP contribution in [0.1, 0.15) is 53.4 Å². The first kappa shape index (κ1) is 21.9. The van der Waals surface area contributed by atoms with E-state index >= 15 is 0 Å². The van der Waals surface area contributed by atoms with E-state index in [1.807, 2.05) is 19.1 Å². The number of nitrogens with one attached hydrogen (secondary N) is 1. The van der Waals surface area contributed by atoms with Crippen LogP contribution in [0.25, 0.3) is 11.3 Å². The van der Waals surface area contributed by atoms with E-state index in [0.29, 0.717) is 12.0 Å². The highest BCUT2D eigenvalue weighted by Gasteiger charge is 2.29. The van der Waals surface area contributed by atoms with Crippen LogP contribution in [0.4, 0.5) is 0 Å². The molecule has 3 rings (SSSR count). The van der Waals surface area contributed by atoms with Crippen molar-refractivity contribution in [2.75, 3.05) is 12.0 Å². The van der Waals surface area contributed by atoms with Crippen LogP contribution < -0.4 is 10.2 Å². The van der Waals surface area contributed by atoms with E-state index in [2.05, 4.69) is 61.0 Å². The molecule has 3 nitrogen and oxygen atoms in total. The molecule has 0 aliphatic heterocycles. The van der Waals surface area contributed by atoms with Gasteiger partial charge in [0.2, 0.25) is 4.80 Å². The van der Waals surface area contributed by atoms with Gasteiger partial charge in [0.25, 0.3) is 0 Å². The molecule has 1 atom stereocenters. The third-order valence-electron chi connectivity index (χ3n) is 6.02. The average molecular weight is 430 g/mol. The molecule has 1 aromatic heterocycles. The lowest BCUT2D eigenvalue weighted by Gasteiger charge is -2.36. The Kier molecular flexibility index (Phi) is 7.07. The van der Waals surface area contributed by atoms with Gasteiger partial charge in [0.15, 0.2) is 0 Å². The molecule has 0 bridgehead atoms. The molecule has 0 unspecified atom stereocenters. The fraction of sp³-hybridized carbons (Fsp3) is 0.458. The summed E-state index contributed by atoms with van der Waals surface area (Å²) in [5.41, 5.74) is 8.61. The monoisotopic (exact) mass is 429 g/mol. The Labute approximate surface area is 183 Å². The van der Waals surface area contributed by atoms with Crippen molar-refractivity contribution in [1.82, 2.24) is 4.68 Å². The van der Waals surface area contributed by atoms with Crippen molar-refractivity contribution in [1.29, 1.82) is 0 Å². The maximum absolute atomic E-state index is 6.09. The molecule has 29 heavy (non-hydrogen) atoms. The summed E-state index contributed by atoms with van der Waals surface area (Å²) in [7, 11) is 0. The van der Waals surface area contributed by atoms with E-state index in [0.717, 1.165) is 45.4 Å². The highest BCUT2D eigenvalue weighted by molar-refractivity contribution is 7.07. The third-order valence-corrected chi connectivity index (χ3v) is 7.13. The molecule has 2 aromatic rings. The smallest absolute Gasteiger partial charge is 0.204 e. The van der Waals surface area contributed by atoms with Crippen molar-refractivity contribution in [3.05, 3.63) is 63.4 Å². The Morgan fingerprint density at radius 2 is 2.07 bits per heavy atom. The Morgan fingerprint density at radius 1 is 1.34 bits per heavy atom. The number of nitrogens with zero attached hydrogens (tertiary/aromatic N) is 2. The van der Waals surface area contributed by atoms with Gasteiger partial charge in [-0.1, -0.05) is 69.2 Å². The van der Waals surface area contributed by atoms with Crippen molar-refractivity contribution in [2.45, 2.75) is 53.4 Å². The first-order valence-electron chi connectivity index (χ1n) is 10.4. The highest BCUT2D eigenvalue weighted by atomic mass is 35.5. The lowest BCUT2D eigenvalue weighted by molar-refractivity contribution is 0.187. The first-order valence-corrected chi connectivity index (χ1v) is 11.6. The molecule has 0 fully saturated rings. The molecule has 1 aliphatic rings. The minimum atomic E-state index is 0.397. The number of benzene rings is 1. The minimum Gasteiger partial charge on any atom is -0.296 e. The standard InChI is InChI=1S/C24H32ClN3S/c1-6-24(4,5)19-9-13-21(14-10-19)27-28-22(18-7-11-20(25)12-8-18)16-29-23(28)26-15-17(2)3/h7-8,11-13,16,19,27H,2,6,9-10,14-15H2,1,3-5H3/t19-/m0/s1. The summed E-state index contributed by atoms with van der Waals surface area (Å²) in [5.74, 6) is 0.744. The van der Waals surface area contributed by atoms with Crippen LogP contribution >= 0.6 is 22.9 Å². The van der Waals surface area contributed by atoms with Crippen LogP contribution in [-0.2, 0) is 0 Å². The van der Waals surface area contributed by atoms with Crippen LogP contribution in [0, 0.1) is 11.3 Å². The molecule has 0 spiro atoms. The number of halogens is 1. The van der Waals surface area contributed by atoms with Crippen molar-refractivity contribution >= 4 is 22.9 Å². The Balaban J connectivity index is 1.91. The Bertz CT molecular complexity index is 947. The van der Waals surface area contributed by atoms with E-state index in [1.165, 1.54) is 18.5 Å². The molecular formula is C24H32ClN3S. The highest BCUT2D eigenvalue weighted by Crippen LogP contribution is 2.39. The van der Waals surface area contributed by atoms with Gasteiger partial charge in [-0.2, -0.15) is 0 Å². The summed E-state index contributed by atoms with van der Waals surface area (Å²) in [5, 5.41) is 2.90. The molecule has 0 amide bonds. The minimum absolute atomic E-state index is 0.397. The van der Waals surface area contributed by atoms with Gasteiger partial charge in [0, 0.05) is 21.7 Å². The van der Waals surface area contributed by atoms with Crippen LogP contribution in [0.3, 0.4) is 0 Å². The van der Waals surface area contributed by atoms with Crippen LogP contribution in [0.5, 0.6) is 0 Å². The van der Waals surface area contributed by atoms with Crippen molar-refractivity contribution in [3.63, 3.8) is 0 Å². The van der Waals surface area contributed by atoms with Crippen LogP contribution in [-0.4, -0.2) is 11.2 Å². The predicted octanol–water partition coefficient (Wildman–Crippen LogP) is 7.01. The molecular weight excluding hydrogens is 398 g/mol. The van der Waals surface area contributed by atoms with Gasteiger partial charge in [-0.15, -0.1) is 11.3 Å². The zero-order valence-electron chi connectivity index (χ0n) is 18.0. The molecule has 1 aromatic carbocycles. The molecule has 0 radical (unpaired) electrons. The second-order valence-corrected chi connectivity index (χ2v) is 9.95. The van der Waals surface area contributed by atoms with Gasteiger partial charge in [-0.25, -0.2) is 4.68 Å². The topological polar surface area (TPSA) is 29.3 Å². The third kappa shape index (κ3) is 5.43. The van der Waals surface area contributed by atoms with E-state index in [4.69, 9.17) is 16.6 Å². The maximum Gasteiger partial charge on any atom is 0.204 e. The molecule has 156 valence electrons. The number of aromatic nitrogens is 1. The average Bonchev–Trinajstić information content (AvgIpc) is 3.10. The normalized spacial score (nSPS) is 17.9. The summed E-state index contributed by atoms with van der Waals surface area (Å²) in [6.07, 6.45) is 7.01. The Morgan fingerprint density at radius 3 is 2.66 bits per heavy atom. The SMILES string of the molecule is C=C(C)CN=c1scc(-c2ccc(Cl)cc2)n1NC1=CC[C@H](C(C)(C)CC)CC1. The number of hydrogen-bond donors (Lipinski definition) is 1. The van der Waals surface area contributed by atoms with Crippen LogP contribution in [0.2, 0.25) is 5.02 Å². The first-order chi connectivity index (χ1) is 13.8. The number of hydrogen-bond acceptors (Lipinski definition) is 3. The van der Waals surface area contributed by atoms with Gasteiger partial charge in [-0.3, -0.25) is 10.4 Å². The van der Waals surface area contributed by atoms with E-state index in [1.54, 1.807) is 11.3 Å². The maximum atomic E-state index is 6.09. The number of thiazole rings is 1. The van der Waals surface area contributed by atoms with Gasteiger partial charge >= 0.3 is 0 Å².